The molecule has 2 aromatic rings. The Morgan fingerprint density at radius 3 is 2.72 bits per heavy atom. The predicted molar refractivity (Wildman–Crippen MR) is 92.2 cm³/mol. The van der Waals surface area contributed by atoms with E-state index in [0.29, 0.717) is 10.6 Å². The zero-order chi connectivity index (χ0) is 18.6. The van der Waals surface area contributed by atoms with Crippen molar-refractivity contribution < 1.29 is 24.2 Å². The van der Waals surface area contributed by atoms with Gasteiger partial charge >= 0.3 is 11.9 Å². The smallest absolute Gasteiger partial charge is 0.341 e. The lowest BCUT2D eigenvalue weighted by molar-refractivity contribution is -0.137. The number of aryl methyl sites for hydroxylation is 2. The highest BCUT2D eigenvalue weighted by Crippen LogP contribution is 2.33. The molecule has 8 nitrogen and oxygen atoms in total. The fraction of sp³-hybridized carbons (Fsp3) is 0.375. The van der Waals surface area contributed by atoms with Gasteiger partial charge in [0.15, 0.2) is 0 Å². The highest BCUT2D eigenvalue weighted by atomic mass is 32.1. The number of carboxylic acids is 1. The second-order valence-corrected chi connectivity index (χ2v) is 6.52. The van der Waals surface area contributed by atoms with Crippen LogP contribution in [0.25, 0.3) is 0 Å². The van der Waals surface area contributed by atoms with Crippen molar-refractivity contribution in [1.29, 1.82) is 0 Å². The van der Waals surface area contributed by atoms with Crippen LogP contribution in [0.2, 0.25) is 0 Å². The van der Waals surface area contributed by atoms with Gasteiger partial charge in [0.1, 0.15) is 5.00 Å². The largest absolute Gasteiger partial charge is 0.481 e. The summed E-state index contributed by atoms with van der Waals surface area (Å²) in [6.45, 7) is 5.81. The number of esters is 1. The van der Waals surface area contributed by atoms with E-state index in [1.54, 1.807) is 13.8 Å². The van der Waals surface area contributed by atoms with Crippen molar-refractivity contribution in [2.45, 2.75) is 33.7 Å². The van der Waals surface area contributed by atoms with E-state index in [1.807, 2.05) is 6.92 Å². The Kier molecular flexibility index (Phi) is 5.92. The molecule has 0 unspecified atom stereocenters. The maximum atomic E-state index is 12.4. The molecule has 1 amide bonds. The van der Waals surface area contributed by atoms with E-state index in [4.69, 9.17) is 9.84 Å². The molecule has 2 N–H and O–H groups in total. The van der Waals surface area contributed by atoms with Crippen LogP contribution >= 0.6 is 11.3 Å². The third-order valence-electron chi connectivity index (χ3n) is 3.54. The number of carbonyl (C=O) groups excluding carboxylic acids is 2. The van der Waals surface area contributed by atoms with Crippen LogP contribution < -0.4 is 5.32 Å². The molecule has 0 atom stereocenters. The van der Waals surface area contributed by atoms with Crippen molar-refractivity contribution in [3.63, 3.8) is 0 Å². The molecule has 0 bridgehead atoms. The normalized spacial score (nSPS) is 10.5. The molecule has 2 heterocycles. The summed E-state index contributed by atoms with van der Waals surface area (Å²) in [5.74, 6) is -1.84. The molecule has 25 heavy (non-hydrogen) atoms. The number of aromatic nitrogens is 2. The molecule has 2 aromatic heterocycles. The first-order chi connectivity index (χ1) is 11.8. The molecule has 0 spiro atoms. The summed E-state index contributed by atoms with van der Waals surface area (Å²) in [5, 5.41) is 15.8. The molecule has 0 aliphatic rings. The van der Waals surface area contributed by atoms with Gasteiger partial charge in [-0.05, 0) is 26.3 Å². The van der Waals surface area contributed by atoms with E-state index < -0.39 is 17.8 Å². The summed E-state index contributed by atoms with van der Waals surface area (Å²) in [7, 11) is 0. The zero-order valence-corrected chi connectivity index (χ0v) is 15.0. The number of hydrogen-bond acceptors (Lipinski definition) is 6. The standard InChI is InChI=1S/C16H19N3O5S/c1-4-24-16(23)13-9(2)10(3)25-15(13)18-14(22)11-7-17-19(8-11)6-5-12(20)21/h7-8H,4-6H2,1-3H3,(H,18,22)(H,20,21). The Morgan fingerprint density at radius 1 is 1.36 bits per heavy atom. The Hall–Kier alpha value is -2.68. The first kappa shape index (κ1) is 18.7. The number of aliphatic carboxylic acids is 1. The Bertz CT molecular complexity index is 809. The molecule has 0 fully saturated rings. The van der Waals surface area contributed by atoms with Gasteiger partial charge < -0.3 is 15.2 Å². The number of amides is 1. The highest BCUT2D eigenvalue weighted by Gasteiger charge is 2.22. The third-order valence-corrected chi connectivity index (χ3v) is 4.66. The third kappa shape index (κ3) is 4.44. The maximum absolute atomic E-state index is 12.4. The molecule has 134 valence electrons. The van der Waals surface area contributed by atoms with E-state index in [-0.39, 0.29) is 25.1 Å². The van der Waals surface area contributed by atoms with Crippen LogP contribution in [0.1, 0.15) is 44.5 Å². The van der Waals surface area contributed by atoms with Gasteiger partial charge in [-0.3, -0.25) is 14.3 Å². The summed E-state index contributed by atoms with van der Waals surface area (Å²) in [6.07, 6.45) is 2.74. The van der Waals surface area contributed by atoms with E-state index >= 15 is 0 Å². The molecule has 0 saturated heterocycles. The number of thiophene rings is 1. The first-order valence-corrected chi connectivity index (χ1v) is 8.47. The van der Waals surface area contributed by atoms with Gasteiger partial charge in [0.25, 0.3) is 5.91 Å². The van der Waals surface area contributed by atoms with Gasteiger partial charge in [-0.2, -0.15) is 5.10 Å². The van der Waals surface area contributed by atoms with E-state index in [2.05, 4.69) is 10.4 Å². The van der Waals surface area contributed by atoms with Crippen LogP contribution in [0.4, 0.5) is 5.00 Å². The summed E-state index contributed by atoms with van der Waals surface area (Å²) in [4.78, 5) is 36.0. The van der Waals surface area contributed by atoms with Crippen LogP contribution in [0.5, 0.6) is 0 Å². The van der Waals surface area contributed by atoms with Crippen molar-refractivity contribution >= 4 is 34.2 Å². The number of carbonyl (C=O) groups is 3. The van der Waals surface area contributed by atoms with E-state index in [1.165, 1.54) is 28.4 Å². The van der Waals surface area contributed by atoms with Crippen molar-refractivity contribution in [3.05, 3.63) is 34.0 Å². The summed E-state index contributed by atoms with van der Waals surface area (Å²) < 4.78 is 6.44. The molecule has 0 saturated carbocycles. The number of rotatable bonds is 7. The summed E-state index contributed by atoms with van der Waals surface area (Å²) in [5.41, 5.74) is 1.41. The van der Waals surface area contributed by atoms with Crippen molar-refractivity contribution in [2.24, 2.45) is 0 Å². The fourth-order valence-electron chi connectivity index (χ4n) is 2.15. The van der Waals surface area contributed by atoms with Crippen LogP contribution in [0, 0.1) is 13.8 Å². The Labute approximate surface area is 148 Å². The SMILES string of the molecule is CCOC(=O)c1c(NC(=O)c2cnn(CCC(=O)O)c2)sc(C)c1C. The summed E-state index contributed by atoms with van der Waals surface area (Å²) >= 11 is 1.30. The average molecular weight is 365 g/mol. The molecule has 0 aromatic carbocycles. The predicted octanol–water partition coefficient (Wildman–Crippen LogP) is 2.47. The lowest BCUT2D eigenvalue weighted by Gasteiger charge is -2.06. The lowest BCUT2D eigenvalue weighted by Crippen LogP contribution is -2.14. The van der Waals surface area contributed by atoms with E-state index in [9.17, 15) is 14.4 Å². The monoisotopic (exact) mass is 365 g/mol. The maximum Gasteiger partial charge on any atom is 0.341 e. The van der Waals surface area contributed by atoms with E-state index in [0.717, 1.165) is 10.4 Å². The fourth-order valence-corrected chi connectivity index (χ4v) is 3.20. The molecule has 9 heteroatoms. The number of ether oxygens (including phenoxy) is 1. The topological polar surface area (TPSA) is 111 Å². The van der Waals surface area contributed by atoms with Gasteiger partial charge in [-0.1, -0.05) is 0 Å². The van der Waals surface area contributed by atoms with Gasteiger partial charge in [-0.15, -0.1) is 11.3 Å². The first-order valence-electron chi connectivity index (χ1n) is 7.66. The van der Waals surface area contributed by atoms with Crippen molar-refractivity contribution in [2.75, 3.05) is 11.9 Å². The number of hydrogen-bond donors (Lipinski definition) is 2. The van der Waals surface area contributed by atoms with Crippen LogP contribution in [-0.2, 0) is 16.1 Å². The second-order valence-electron chi connectivity index (χ2n) is 5.30. The van der Waals surface area contributed by atoms with Crippen molar-refractivity contribution in [1.82, 2.24) is 9.78 Å². The molecule has 0 radical (unpaired) electrons. The van der Waals surface area contributed by atoms with Gasteiger partial charge in [0, 0.05) is 11.1 Å². The molecule has 2 rings (SSSR count). The number of anilines is 1. The molecule has 0 aliphatic heterocycles. The molecule has 0 aliphatic carbocycles. The minimum atomic E-state index is -0.940. The number of nitrogens with one attached hydrogen (secondary N) is 1. The van der Waals surface area contributed by atoms with Crippen LogP contribution in [0.15, 0.2) is 12.4 Å². The van der Waals surface area contributed by atoms with Crippen LogP contribution in [-0.4, -0.2) is 39.3 Å². The quantitative estimate of drug-likeness (QED) is 0.729. The van der Waals surface area contributed by atoms with Crippen LogP contribution in [0.3, 0.4) is 0 Å². The number of carboxylic acid groups (broad SMARTS) is 1. The Balaban J connectivity index is 2.17. The zero-order valence-electron chi connectivity index (χ0n) is 14.2. The van der Waals surface area contributed by atoms with Gasteiger partial charge in [0.05, 0.1) is 36.9 Å². The second kappa shape index (κ2) is 7.93. The lowest BCUT2D eigenvalue weighted by atomic mass is 10.1. The van der Waals surface area contributed by atoms with Gasteiger partial charge in [-0.25, -0.2) is 4.79 Å². The van der Waals surface area contributed by atoms with Gasteiger partial charge in [0.2, 0.25) is 0 Å². The molecular formula is C16H19N3O5S. The Morgan fingerprint density at radius 2 is 2.08 bits per heavy atom. The highest BCUT2D eigenvalue weighted by molar-refractivity contribution is 7.16. The van der Waals surface area contributed by atoms with Crippen molar-refractivity contribution in [3.8, 4) is 0 Å². The molecular weight excluding hydrogens is 346 g/mol. The summed E-state index contributed by atoms with van der Waals surface area (Å²) in [6, 6.07) is 0. The number of nitrogens with zero attached hydrogens (tertiary/aromatic N) is 2. The average Bonchev–Trinajstić information content (AvgIpc) is 3.11. The minimum Gasteiger partial charge on any atom is -0.481 e. The minimum absolute atomic E-state index is 0.0843.